The Labute approximate surface area is 124 Å². The monoisotopic (exact) mass is 296 g/mol. The van der Waals surface area contributed by atoms with Gasteiger partial charge >= 0.3 is 0 Å². The number of hydrogen-bond donors (Lipinski definition) is 1. The second-order valence-electron chi connectivity index (χ2n) is 5.92. The van der Waals surface area contributed by atoms with Crippen LogP contribution in [0.3, 0.4) is 0 Å². The van der Waals surface area contributed by atoms with Crippen molar-refractivity contribution in [2.24, 2.45) is 11.7 Å². The first-order valence-corrected chi connectivity index (χ1v) is 7.37. The van der Waals surface area contributed by atoms with Crippen LogP contribution in [0.1, 0.15) is 44.2 Å². The predicted molar refractivity (Wildman–Crippen MR) is 77.5 cm³/mol. The number of carbonyl (C=O) groups is 1. The molecule has 0 saturated heterocycles. The van der Waals surface area contributed by atoms with Crippen molar-refractivity contribution in [2.75, 3.05) is 7.05 Å². The van der Waals surface area contributed by atoms with E-state index in [1.54, 1.807) is 11.9 Å². The number of hydrogen-bond acceptors (Lipinski definition) is 2. The highest BCUT2D eigenvalue weighted by atomic mass is 19.2. The molecule has 0 radical (unpaired) electrons. The van der Waals surface area contributed by atoms with Crippen LogP contribution in [0, 0.1) is 17.6 Å². The van der Waals surface area contributed by atoms with E-state index in [1.807, 2.05) is 6.92 Å². The smallest absolute Gasteiger partial charge is 0.225 e. The summed E-state index contributed by atoms with van der Waals surface area (Å²) in [6.45, 7) is 1.81. The summed E-state index contributed by atoms with van der Waals surface area (Å²) in [6, 6.07) is 3.54. The Morgan fingerprint density at radius 2 is 2.05 bits per heavy atom. The third-order valence-corrected chi connectivity index (χ3v) is 4.42. The Balaban J connectivity index is 2.08. The Kier molecular flexibility index (Phi) is 4.93. The van der Waals surface area contributed by atoms with Gasteiger partial charge in [-0.25, -0.2) is 8.78 Å². The fourth-order valence-electron chi connectivity index (χ4n) is 2.93. The van der Waals surface area contributed by atoms with Gasteiger partial charge in [-0.1, -0.05) is 12.5 Å². The number of nitrogens with two attached hydrogens (primary N) is 1. The molecular formula is C16H22F2N2O. The molecule has 1 aliphatic rings. The van der Waals surface area contributed by atoms with Crippen LogP contribution in [0.4, 0.5) is 8.78 Å². The van der Waals surface area contributed by atoms with Gasteiger partial charge in [0.05, 0.1) is 6.04 Å². The van der Waals surface area contributed by atoms with Crippen LogP contribution in [-0.2, 0) is 4.79 Å². The highest BCUT2D eigenvalue weighted by Crippen LogP contribution is 2.28. The van der Waals surface area contributed by atoms with Gasteiger partial charge in [0.25, 0.3) is 0 Å². The van der Waals surface area contributed by atoms with Crippen molar-refractivity contribution in [3.05, 3.63) is 35.4 Å². The Morgan fingerprint density at radius 3 is 2.67 bits per heavy atom. The van der Waals surface area contributed by atoms with E-state index in [2.05, 4.69) is 0 Å². The summed E-state index contributed by atoms with van der Waals surface area (Å²) >= 11 is 0. The first-order valence-electron chi connectivity index (χ1n) is 7.37. The van der Waals surface area contributed by atoms with Gasteiger partial charge in [-0.15, -0.1) is 0 Å². The molecule has 116 valence electrons. The molecule has 0 spiro atoms. The van der Waals surface area contributed by atoms with Crippen molar-refractivity contribution in [3.8, 4) is 0 Å². The number of nitrogens with zero attached hydrogens (tertiary/aromatic N) is 1. The summed E-state index contributed by atoms with van der Waals surface area (Å²) in [6.07, 6.45) is 3.48. The molecule has 3 unspecified atom stereocenters. The zero-order valence-electron chi connectivity index (χ0n) is 12.5. The van der Waals surface area contributed by atoms with Crippen molar-refractivity contribution >= 4 is 5.91 Å². The lowest BCUT2D eigenvalue weighted by Crippen LogP contribution is -2.39. The SMILES string of the molecule is CC(c1ccc(F)c(F)c1)N(C)C(=O)C1CCCC(N)C1. The van der Waals surface area contributed by atoms with Crippen LogP contribution in [-0.4, -0.2) is 23.9 Å². The summed E-state index contributed by atoms with van der Waals surface area (Å²) in [5, 5.41) is 0. The second kappa shape index (κ2) is 6.52. The van der Waals surface area contributed by atoms with Crippen LogP contribution >= 0.6 is 0 Å². The standard InChI is InChI=1S/C16H22F2N2O/c1-10(11-6-7-14(17)15(18)9-11)20(2)16(21)12-4-3-5-13(19)8-12/h6-7,9-10,12-13H,3-5,8,19H2,1-2H3. The minimum absolute atomic E-state index is 0.0300. The van der Waals surface area contributed by atoms with Crippen LogP contribution in [0.5, 0.6) is 0 Å². The fraction of sp³-hybridized carbons (Fsp3) is 0.562. The van der Waals surface area contributed by atoms with Crippen LogP contribution in [0.25, 0.3) is 0 Å². The highest BCUT2D eigenvalue weighted by Gasteiger charge is 2.29. The maximum atomic E-state index is 13.3. The molecule has 3 nitrogen and oxygen atoms in total. The summed E-state index contributed by atoms with van der Waals surface area (Å²) < 4.78 is 26.3. The van der Waals surface area contributed by atoms with Gasteiger partial charge in [0.1, 0.15) is 0 Å². The Bertz CT molecular complexity index is 521. The molecule has 0 aliphatic heterocycles. The molecule has 1 saturated carbocycles. The van der Waals surface area contributed by atoms with E-state index in [9.17, 15) is 13.6 Å². The van der Waals surface area contributed by atoms with Crippen molar-refractivity contribution in [3.63, 3.8) is 0 Å². The molecule has 0 aromatic heterocycles. The lowest BCUT2D eigenvalue weighted by atomic mass is 9.85. The lowest BCUT2D eigenvalue weighted by Gasteiger charge is -2.32. The molecule has 1 amide bonds. The number of carbonyl (C=O) groups excluding carboxylic acids is 1. The van der Waals surface area contributed by atoms with E-state index in [0.717, 1.165) is 31.4 Å². The van der Waals surface area contributed by atoms with Gasteiger partial charge in [-0.05, 0) is 43.9 Å². The fourth-order valence-corrected chi connectivity index (χ4v) is 2.93. The minimum Gasteiger partial charge on any atom is -0.339 e. The van der Waals surface area contributed by atoms with Crippen molar-refractivity contribution < 1.29 is 13.6 Å². The molecule has 2 N–H and O–H groups in total. The average molecular weight is 296 g/mol. The van der Waals surface area contributed by atoms with Crippen molar-refractivity contribution in [1.82, 2.24) is 4.90 Å². The molecule has 1 fully saturated rings. The largest absolute Gasteiger partial charge is 0.339 e. The van der Waals surface area contributed by atoms with E-state index in [4.69, 9.17) is 5.73 Å². The zero-order valence-corrected chi connectivity index (χ0v) is 12.5. The third kappa shape index (κ3) is 3.59. The summed E-state index contributed by atoms with van der Waals surface area (Å²) in [4.78, 5) is 14.1. The molecule has 0 bridgehead atoms. The molecule has 2 rings (SSSR count). The van der Waals surface area contributed by atoms with E-state index < -0.39 is 11.6 Å². The summed E-state index contributed by atoms with van der Waals surface area (Å²) in [7, 11) is 1.70. The van der Waals surface area contributed by atoms with Gasteiger partial charge < -0.3 is 10.6 Å². The molecule has 3 atom stereocenters. The van der Waals surface area contributed by atoms with Gasteiger partial charge in [0.2, 0.25) is 5.91 Å². The normalized spacial score (nSPS) is 23.7. The van der Waals surface area contributed by atoms with Crippen molar-refractivity contribution in [2.45, 2.75) is 44.7 Å². The van der Waals surface area contributed by atoms with E-state index in [-0.39, 0.29) is 23.9 Å². The van der Waals surface area contributed by atoms with Gasteiger partial charge in [0, 0.05) is 19.0 Å². The van der Waals surface area contributed by atoms with E-state index in [1.165, 1.54) is 6.07 Å². The first-order chi connectivity index (χ1) is 9.90. The second-order valence-corrected chi connectivity index (χ2v) is 5.92. The number of halogens is 2. The number of rotatable bonds is 3. The zero-order chi connectivity index (χ0) is 15.6. The van der Waals surface area contributed by atoms with Gasteiger partial charge in [-0.2, -0.15) is 0 Å². The van der Waals surface area contributed by atoms with E-state index in [0.29, 0.717) is 12.0 Å². The average Bonchev–Trinajstić information content (AvgIpc) is 2.47. The molecule has 0 heterocycles. The molecule has 5 heteroatoms. The molecule has 1 aromatic rings. The summed E-state index contributed by atoms with van der Waals surface area (Å²) in [5.74, 6) is -1.80. The molecular weight excluding hydrogens is 274 g/mol. The topological polar surface area (TPSA) is 46.3 Å². The molecule has 1 aliphatic carbocycles. The first kappa shape index (κ1) is 15.9. The Morgan fingerprint density at radius 1 is 1.33 bits per heavy atom. The minimum atomic E-state index is -0.889. The van der Waals surface area contributed by atoms with Gasteiger partial charge in [-0.3, -0.25) is 4.79 Å². The quantitative estimate of drug-likeness (QED) is 0.932. The lowest BCUT2D eigenvalue weighted by molar-refractivity contribution is -0.137. The van der Waals surface area contributed by atoms with Gasteiger partial charge in [0.15, 0.2) is 11.6 Å². The van der Waals surface area contributed by atoms with Crippen LogP contribution < -0.4 is 5.73 Å². The Hall–Kier alpha value is -1.49. The maximum Gasteiger partial charge on any atom is 0.225 e. The van der Waals surface area contributed by atoms with Crippen LogP contribution in [0.2, 0.25) is 0 Å². The number of benzene rings is 1. The third-order valence-electron chi connectivity index (χ3n) is 4.42. The predicted octanol–water partition coefficient (Wildman–Crippen LogP) is 3.00. The molecule has 1 aromatic carbocycles. The molecule has 21 heavy (non-hydrogen) atoms. The van der Waals surface area contributed by atoms with Crippen LogP contribution in [0.15, 0.2) is 18.2 Å². The van der Waals surface area contributed by atoms with Crippen molar-refractivity contribution in [1.29, 1.82) is 0 Å². The highest BCUT2D eigenvalue weighted by molar-refractivity contribution is 5.79. The number of amides is 1. The maximum absolute atomic E-state index is 13.3. The van der Waals surface area contributed by atoms with E-state index >= 15 is 0 Å². The summed E-state index contributed by atoms with van der Waals surface area (Å²) in [5.41, 5.74) is 6.51.